The van der Waals surface area contributed by atoms with E-state index in [0.29, 0.717) is 23.7 Å². The van der Waals surface area contributed by atoms with Crippen LogP contribution in [0.5, 0.6) is 0 Å². The fourth-order valence-corrected chi connectivity index (χ4v) is 3.28. The molecule has 130 valence electrons. The molecule has 0 spiro atoms. The van der Waals surface area contributed by atoms with Gasteiger partial charge in [-0.15, -0.1) is 0 Å². The minimum Gasteiger partial charge on any atom is -0.339 e. The van der Waals surface area contributed by atoms with E-state index < -0.39 is 0 Å². The van der Waals surface area contributed by atoms with Gasteiger partial charge in [-0.3, -0.25) is 4.90 Å². The van der Waals surface area contributed by atoms with Crippen LogP contribution >= 0.6 is 0 Å². The number of piperidine rings is 1. The van der Waals surface area contributed by atoms with Crippen molar-refractivity contribution in [2.24, 2.45) is 0 Å². The molecule has 2 aromatic rings. The van der Waals surface area contributed by atoms with Crippen LogP contribution in [0.3, 0.4) is 0 Å². The summed E-state index contributed by atoms with van der Waals surface area (Å²) in [6.45, 7) is 6.68. The van der Waals surface area contributed by atoms with Gasteiger partial charge < -0.3 is 14.4 Å². The summed E-state index contributed by atoms with van der Waals surface area (Å²) in [5, 5.41) is 11.6. The predicted octanol–water partition coefficient (Wildman–Crippen LogP) is 1.95. The van der Waals surface area contributed by atoms with Crippen molar-refractivity contribution in [3.8, 4) is 0 Å². The Morgan fingerprint density at radius 3 is 2.83 bits per heavy atom. The molecular formula is C16H24N6O2. The lowest BCUT2D eigenvalue weighted by molar-refractivity contribution is 0.167. The van der Waals surface area contributed by atoms with Crippen LogP contribution in [0.2, 0.25) is 0 Å². The maximum Gasteiger partial charge on any atom is 0.243 e. The van der Waals surface area contributed by atoms with Gasteiger partial charge in [0.05, 0.1) is 12.6 Å². The fourth-order valence-electron chi connectivity index (χ4n) is 3.28. The third kappa shape index (κ3) is 3.64. The smallest absolute Gasteiger partial charge is 0.243 e. The zero-order chi connectivity index (χ0) is 16.5. The summed E-state index contributed by atoms with van der Waals surface area (Å²) >= 11 is 0. The molecule has 1 N–H and O–H groups in total. The minimum atomic E-state index is 0.0581. The van der Waals surface area contributed by atoms with Crippen molar-refractivity contribution in [2.45, 2.75) is 64.1 Å². The van der Waals surface area contributed by atoms with Crippen LogP contribution in [0, 0.1) is 6.92 Å². The van der Waals surface area contributed by atoms with Gasteiger partial charge in [-0.1, -0.05) is 10.3 Å². The number of aromatic nitrogens is 4. The van der Waals surface area contributed by atoms with E-state index in [-0.39, 0.29) is 6.04 Å². The topological polar surface area (TPSA) is 93.1 Å². The highest BCUT2D eigenvalue weighted by Crippen LogP contribution is 2.38. The zero-order valence-electron chi connectivity index (χ0n) is 14.2. The number of aryl methyl sites for hydroxylation is 1. The summed E-state index contributed by atoms with van der Waals surface area (Å²) in [7, 11) is 0. The molecule has 24 heavy (non-hydrogen) atoms. The molecule has 0 unspecified atom stereocenters. The van der Waals surface area contributed by atoms with Crippen LogP contribution in [0.4, 0.5) is 0 Å². The molecule has 2 aliphatic rings. The van der Waals surface area contributed by atoms with E-state index in [4.69, 9.17) is 9.05 Å². The van der Waals surface area contributed by atoms with E-state index in [1.54, 1.807) is 0 Å². The van der Waals surface area contributed by atoms with Crippen LogP contribution in [0.1, 0.15) is 68.0 Å². The van der Waals surface area contributed by atoms with E-state index in [9.17, 15) is 0 Å². The highest BCUT2D eigenvalue weighted by Gasteiger charge is 2.30. The van der Waals surface area contributed by atoms with Gasteiger partial charge in [0.2, 0.25) is 11.8 Å². The van der Waals surface area contributed by atoms with E-state index >= 15 is 0 Å². The second-order valence-corrected chi connectivity index (χ2v) is 6.97. The number of nitrogens with one attached hydrogen (secondary N) is 1. The molecule has 4 rings (SSSR count). The summed E-state index contributed by atoms with van der Waals surface area (Å²) in [6.07, 6.45) is 4.67. The highest BCUT2D eigenvalue weighted by molar-refractivity contribution is 5.02. The molecule has 0 amide bonds. The third-order valence-electron chi connectivity index (χ3n) is 4.68. The van der Waals surface area contributed by atoms with Crippen molar-refractivity contribution in [3.05, 3.63) is 23.4 Å². The molecule has 2 aromatic heterocycles. The van der Waals surface area contributed by atoms with Crippen molar-refractivity contribution in [2.75, 3.05) is 13.1 Å². The Bertz CT molecular complexity index is 680. The van der Waals surface area contributed by atoms with E-state index in [2.05, 4.69) is 37.4 Å². The second-order valence-electron chi connectivity index (χ2n) is 6.97. The molecule has 8 heteroatoms. The summed E-state index contributed by atoms with van der Waals surface area (Å²) in [6, 6.07) is 0.457. The summed E-state index contributed by atoms with van der Waals surface area (Å²) in [4.78, 5) is 11.2. The van der Waals surface area contributed by atoms with Gasteiger partial charge in [-0.2, -0.15) is 9.97 Å². The molecule has 0 bridgehead atoms. The highest BCUT2D eigenvalue weighted by atomic mass is 16.5. The summed E-state index contributed by atoms with van der Waals surface area (Å²) in [5.74, 6) is 3.46. The molecular weight excluding hydrogens is 308 g/mol. The Labute approximate surface area is 141 Å². The van der Waals surface area contributed by atoms with Crippen molar-refractivity contribution in [1.29, 1.82) is 0 Å². The lowest BCUT2D eigenvalue weighted by atomic mass is 10.0. The van der Waals surface area contributed by atoms with Crippen LogP contribution in [0.25, 0.3) is 0 Å². The Morgan fingerprint density at radius 1 is 1.21 bits per heavy atom. The SMILES string of the molecule is Cc1noc([C@@H](C)N[C@H]2CCCN(Cc3noc(C4CC4)n3)C2)n1. The van der Waals surface area contributed by atoms with Gasteiger partial charge in [0.15, 0.2) is 11.6 Å². The van der Waals surface area contributed by atoms with Gasteiger partial charge in [-0.05, 0) is 46.1 Å². The van der Waals surface area contributed by atoms with E-state index in [1.807, 2.05) is 6.92 Å². The maximum atomic E-state index is 5.35. The maximum absolute atomic E-state index is 5.35. The van der Waals surface area contributed by atoms with Crippen molar-refractivity contribution in [3.63, 3.8) is 0 Å². The van der Waals surface area contributed by atoms with Crippen LogP contribution in [0.15, 0.2) is 9.05 Å². The van der Waals surface area contributed by atoms with Gasteiger partial charge in [0.1, 0.15) is 0 Å². The molecule has 1 saturated heterocycles. The average molecular weight is 332 g/mol. The number of rotatable bonds is 6. The molecule has 1 aliphatic carbocycles. The minimum absolute atomic E-state index is 0.0581. The summed E-state index contributed by atoms with van der Waals surface area (Å²) < 4.78 is 10.6. The number of hydrogen-bond acceptors (Lipinski definition) is 8. The monoisotopic (exact) mass is 332 g/mol. The average Bonchev–Trinajstić information content (AvgIpc) is 3.16. The largest absolute Gasteiger partial charge is 0.339 e. The van der Waals surface area contributed by atoms with E-state index in [0.717, 1.165) is 44.2 Å². The van der Waals surface area contributed by atoms with Crippen molar-refractivity contribution in [1.82, 2.24) is 30.5 Å². The Balaban J connectivity index is 1.31. The third-order valence-corrected chi connectivity index (χ3v) is 4.68. The van der Waals surface area contributed by atoms with Gasteiger partial charge >= 0.3 is 0 Å². The molecule has 8 nitrogen and oxygen atoms in total. The number of nitrogens with zero attached hydrogens (tertiary/aromatic N) is 5. The van der Waals surface area contributed by atoms with Crippen LogP contribution in [-0.4, -0.2) is 44.3 Å². The molecule has 2 fully saturated rings. The first-order valence-electron chi connectivity index (χ1n) is 8.78. The number of hydrogen-bond donors (Lipinski definition) is 1. The first kappa shape index (κ1) is 15.7. The zero-order valence-corrected chi connectivity index (χ0v) is 14.2. The van der Waals surface area contributed by atoms with Crippen molar-refractivity contribution >= 4 is 0 Å². The Morgan fingerprint density at radius 2 is 2.08 bits per heavy atom. The normalized spacial score (nSPS) is 23.5. The van der Waals surface area contributed by atoms with Crippen LogP contribution in [-0.2, 0) is 6.54 Å². The Hall–Kier alpha value is -1.80. The Kier molecular flexibility index (Phi) is 4.32. The predicted molar refractivity (Wildman–Crippen MR) is 85.2 cm³/mol. The van der Waals surface area contributed by atoms with E-state index in [1.165, 1.54) is 12.8 Å². The molecule has 0 aromatic carbocycles. The molecule has 3 heterocycles. The quantitative estimate of drug-likeness (QED) is 0.858. The van der Waals surface area contributed by atoms with Crippen molar-refractivity contribution < 1.29 is 9.05 Å². The van der Waals surface area contributed by atoms with Gasteiger partial charge in [-0.25, -0.2) is 0 Å². The molecule has 1 aliphatic heterocycles. The molecule has 0 radical (unpaired) electrons. The first-order valence-corrected chi connectivity index (χ1v) is 8.78. The standard InChI is InChI=1S/C16H24N6O2/c1-10(15-18-11(2)20-23-15)17-13-4-3-7-22(8-13)9-14-19-16(24-21-14)12-5-6-12/h10,12-13,17H,3-9H2,1-2H3/t10-,13+/m1/s1. The first-order chi connectivity index (χ1) is 11.7. The molecule has 1 saturated carbocycles. The van der Waals surface area contributed by atoms with Gasteiger partial charge in [0.25, 0.3) is 0 Å². The fraction of sp³-hybridized carbons (Fsp3) is 0.750. The lowest BCUT2D eigenvalue weighted by Crippen LogP contribution is -2.46. The van der Waals surface area contributed by atoms with Gasteiger partial charge in [0, 0.05) is 18.5 Å². The molecule has 2 atom stereocenters. The number of likely N-dealkylation sites (tertiary alicyclic amines) is 1. The lowest BCUT2D eigenvalue weighted by Gasteiger charge is -2.33. The summed E-state index contributed by atoms with van der Waals surface area (Å²) in [5.41, 5.74) is 0. The van der Waals surface area contributed by atoms with Crippen LogP contribution < -0.4 is 5.32 Å². The second kappa shape index (κ2) is 6.60.